The molecule has 0 aliphatic rings. The highest BCUT2D eigenvalue weighted by molar-refractivity contribution is 7.91. The van der Waals surface area contributed by atoms with Crippen LogP contribution in [0.4, 0.5) is 0 Å². The van der Waals surface area contributed by atoms with Gasteiger partial charge in [0.2, 0.25) is 0 Å². The van der Waals surface area contributed by atoms with Crippen molar-refractivity contribution in [2.75, 3.05) is 14.2 Å². The Morgan fingerprint density at radius 2 is 1.67 bits per heavy atom. The first kappa shape index (κ1) is 17.8. The van der Waals surface area contributed by atoms with Gasteiger partial charge in [-0.05, 0) is 43.7 Å². The second-order valence-corrected chi connectivity index (χ2v) is 7.42. The topological polar surface area (TPSA) is 57.0 Å². The van der Waals surface area contributed by atoms with Crippen molar-refractivity contribution in [2.45, 2.75) is 24.1 Å². The molecule has 0 radical (unpaired) electrons. The molecule has 2 rings (SSSR count). The predicted octanol–water partition coefficient (Wildman–Crippen LogP) is 3.71. The zero-order valence-corrected chi connectivity index (χ0v) is 14.8. The van der Waals surface area contributed by atoms with Crippen molar-refractivity contribution in [3.05, 3.63) is 64.5 Å². The van der Waals surface area contributed by atoms with E-state index in [1.807, 2.05) is 6.92 Å². The van der Waals surface area contributed by atoms with Gasteiger partial charge in [-0.2, -0.15) is 0 Å². The molecule has 126 valence electrons. The summed E-state index contributed by atoms with van der Waals surface area (Å²) in [7, 11) is -0.844. The van der Waals surface area contributed by atoms with Crippen LogP contribution in [0.3, 0.4) is 0 Å². The smallest absolute Gasteiger partial charge is 0.350 e. The van der Waals surface area contributed by atoms with E-state index in [1.165, 1.54) is 26.4 Å². The average molecular weight is 345 g/mol. The Morgan fingerprint density at radius 3 is 2.17 bits per heavy atom. The van der Waals surface area contributed by atoms with Gasteiger partial charge in [0.05, 0.1) is 24.7 Å². The van der Waals surface area contributed by atoms with Crippen LogP contribution in [0.5, 0.6) is 11.5 Å². The van der Waals surface area contributed by atoms with Gasteiger partial charge >= 0.3 is 5.37 Å². The summed E-state index contributed by atoms with van der Waals surface area (Å²) in [5.41, 5.74) is 2.02. The minimum atomic E-state index is -3.83. The molecule has 5 nitrogen and oxygen atoms in total. The molecule has 0 aromatic heterocycles. The monoisotopic (exact) mass is 345 g/mol. The summed E-state index contributed by atoms with van der Waals surface area (Å²) < 4.78 is 36.2. The largest absolute Gasteiger partial charge is 0.493 e. The summed E-state index contributed by atoms with van der Waals surface area (Å²) in [5, 5.41) is -1.33. The maximum atomic E-state index is 12.9. The Hall–Kier alpha value is -2.52. The van der Waals surface area contributed by atoms with E-state index in [4.69, 9.17) is 16.0 Å². The first-order valence-electron chi connectivity index (χ1n) is 7.24. The first-order valence-corrected chi connectivity index (χ1v) is 8.79. The number of methoxy groups -OCH3 is 2. The molecule has 1 atom stereocenters. The number of ether oxygens (including phenoxy) is 2. The minimum absolute atomic E-state index is 0.126. The molecule has 6 heteroatoms. The molecule has 0 amide bonds. The lowest BCUT2D eigenvalue weighted by Gasteiger charge is -2.14. The summed E-state index contributed by atoms with van der Waals surface area (Å²) >= 11 is 0. The maximum Gasteiger partial charge on any atom is 0.350 e. The molecule has 2 aromatic rings. The lowest BCUT2D eigenvalue weighted by atomic mass is 10.1. The lowest BCUT2D eigenvalue weighted by molar-refractivity contribution is 0.352. The number of hydrogen-bond acceptors (Lipinski definition) is 4. The van der Waals surface area contributed by atoms with Gasteiger partial charge in [-0.1, -0.05) is 17.7 Å². The molecule has 0 fully saturated rings. The van der Waals surface area contributed by atoms with Crippen molar-refractivity contribution in [1.82, 2.24) is 0 Å². The van der Waals surface area contributed by atoms with Crippen LogP contribution >= 0.6 is 0 Å². The van der Waals surface area contributed by atoms with Crippen molar-refractivity contribution in [2.24, 2.45) is 0 Å². The number of benzene rings is 2. The van der Waals surface area contributed by atoms with E-state index < -0.39 is 15.2 Å². The fraction of sp³-hybridized carbons (Fsp3) is 0.278. The SMILES string of the molecule is [C-]#[N+]C(c1cc(C)c(OC)c(OC)c1)S(=O)(=O)c1ccc(C)cc1. The van der Waals surface area contributed by atoms with Gasteiger partial charge in [0, 0.05) is 0 Å². The molecule has 0 aliphatic heterocycles. The zero-order valence-electron chi connectivity index (χ0n) is 14.0. The quantitative estimate of drug-likeness (QED) is 0.775. The molecule has 0 N–H and O–H groups in total. The molecule has 2 aromatic carbocycles. The van der Waals surface area contributed by atoms with Crippen molar-refractivity contribution in [3.63, 3.8) is 0 Å². The van der Waals surface area contributed by atoms with E-state index in [9.17, 15) is 8.42 Å². The Morgan fingerprint density at radius 1 is 1.04 bits per heavy atom. The van der Waals surface area contributed by atoms with Crippen molar-refractivity contribution >= 4 is 9.84 Å². The van der Waals surface area contributed by atoms with E-state index in [0.29, 0.717) is 22.6 Å². The van der Waals surface area contributed by atoms with Crippen LogP contribution in [0, 0.1) is 20.4 Å². The number of sulfone groups is 1. The Bertz CT molecular complexity index is 880. The normalized spacial score (nSPS) is 12.3. The second kappa shape index (κ2) is 6.93. The van der Waals surface area contributed by atoms with Crippen LogP contribution in [0.15, 0.2) is 41.3 Å². The summed E-state index contributed by atoms with van der Waals surface area (Å²) in [5.74, 6) is 0.929. The van der Waals surface area contributed by atoms with Crippen LogP contribution in [0.1, 0.15) is 22.1 Å². The molecule has 0 saturated heterocycles. The van der Waals surface area contributed by atoms with Gasteiger partial charge in [-0.25, -0.2) is 15.0 Å². The Kier molecular flexibility index (Phi) is 5.15. The molecule has 0 bridgehead atoms. The third kappa shape index (κ3) is 3.22. The van der Waals surface area contributed by atoms with Gasteiger partial charge < -0.3 is 9.47 Å². The van der Waals surface area contributed by atoms with Gasteiger partial charge in [-0.3, -0.25) is 4.85 Å². The molecule has 0 aliphatic carbocycles. The number of rotatable bonds is 5. The van der Waals surface area contributed by atoms with Gasteiger partial charge in [0.15, 0.2) is 11.5 Å². The van der Waals surface area contributed by atoms with Gasteiger partial charge in [0.25, 0.3) is 9.84 Å². The zero-order chi connectivity index (χ0) is 17.9. The van der Waals surface area contributed by atoms with E-state index in [0.717, 1.165) is 5.56 Å². The standard InChI is InChI=1S/C18H19NO4S/c1-12-6-8-15(9-7-12)24(20,21)18(19-3)14-10-13(2)17(23-5)16(11-14)22-4/h6-11,18H,1-2,4-5H3. The third-order valence-electron chi connectivity index (χ3n) is 3.73. The first-order chi connectivity index (χ1) is 11.3. The molecular weight excluding hydrogens is 326 g/mol. The highest BCUT2D eigenvalue weighted by Crippen LogP contribution is 2.38. The number of aryl methyl sites for hydroxylation is 2. The lowest BCUT2D eigenvalue weighted by Crippen LogP contribution is -2.11. The van der Waals surface area contributed by atoms with Crippen LogP contribution in [0.25, 0.3) is 4.85 Å². The Balaban J connectivity index is 2.58. The van der Waals surface area contributed by atoms with Crippen molar-refractivity contribution < 1.29 is 17.9 Å². The summed E-state index contributed by atoms with van der Waals surface area (Å²) in [6.45, 7) is 11.1. The second-order valence-electron chi connectivity index (χ2n) is 5.41. The number of hydrogen-bond donors (Lipinski definition) is 0. The molecular formula is C18H19NO4S. The molecule has 1 unspecified atom stereocenters. The van der Waals surface area contributed by atoms with E-state index in [-0.39, 0.29) is 4.90 Å². The fourth-order valence-corrected chi connectivity index (χ4v) is 3.91. The van der Waals surface area contributed by atoms with Crippen LogP contribution in [-0.2, 0) is 9.84 Å². The molecule has 0 heterocycles. The number of nitrogens with zero attached hydrogens (tertiary/aromatic N) is 1. The summed E-state index contributed by atoms with van der Waals surface area (Å²) in [4.78, 5) is 3.49. The molecule has 24 heavy (non-hydrogen) atoms. The van der Waals surface area contributed by atoms with Gasteiger partial charge in [0.1, 0.15) is 0 Å². The predicted molar refractivity (Wildman–Crippen MR) is 92.0 cm³/mol. The van der Waals surface area contributed by atoms with Gasteiger partial charge in [-0.15, -0.1) is 0 Å². The third-order valence-corrected chi connectivity index (χ3v) is 5.63. The van der Waals surface area contributed by atoms with E-state index in [1.54, 1.807) is 31.2 Å². The van der Waals surface area contributed by atoms with Crippen molar-refractivity contribution in [3.8, 4) is 11.5 Å². The van der Waals surface area contributed by atoms with E-state index >= 15 is 0 Å². The summed E-state index contributed by atoms with van der Waals surface area (Å²) in [6.07, 6.45) is 0. The van der Waals surface area contributed by atoms with Crippen LogP contribution < -0.4 is 9.47 Å². The molecule has 0 saturated carbocycles. The van der Waals surface area contributed by atoms with Crippen LogP contribution in [-0.4, -0.2) is 22.6 Å². The fourth-order valence-electron chi connectivity index (χ4n) is 2.50. The molecule has 0 spiro atoms. The highest BCUT2D eigenvalue weighted by Gasteiger charge is 2.35. The van der Waals surface area contributed by atoms with E-state index in [2.05, 4.69) is 4.85 Å². The maximum absolute atomic E-state index is 12.9. The van der Waals surface area contributed by atoms with Crippen LogP contribution in [0.2, 0.25) is 0 Å². The minimum Gasteiger partial charge on any atom is -0.493 e. The van der Waals surface area contributed by atoms with Crippen molar-refractivity contribution in [1.29, 1.82) is 0 Å². The average Bonchev–Trinajstić information content (AvgIpc) is 2.55. The Labute approximate surface area is 142 Å². The highest BCUT2D eigenvalue weighted by atomic mass is 32.2. The summed E-state index contributed by atoms with van der Waals surface area (Å²) in [6, 6.07) is 9.67.